The number of hydrogen-bond acceptors (Lipinski definition) is 6. The number of hydrogen-bond donors (Lipinski definition) is 1. The van der Waals surface area contributed by atoms with Crippen LogP contribution in [0.25, 0.3) is 11.3 Å². The van der Waals surface area contributed by atoms with E-state index in [2.05, 4.69) is 10.3 Å². The van der Waals surface area contributed by atoms with Crippen LogP contribution in [0.4, 0.5) is 20.2 Å². The number of nitrogens with one attached hydrogen (secondary N) is 1. The molecular formula is C35H38F2N4O4. The molecule has 1 aromatic heterocycles. The average Bonchev–Trinajstić information content (AvgIpc) is 3.37. The molecule has 0 bridgehead atoms. The highest BCUT2D eigenvalue weighted by Gasteiger charge is 2.33. The zero-order chi connectivity index (χ0) is 32.7. The number of anilines is 2. The number of amides is 2. The zero-order valence-corrected chi connectivity index (χ0v) is 26.4. The fourth-order valence-corrected chi connectivity index (χ4v) is 5.19. The van der Waals surface area contributed by atoms with Crippen LogP contribution in [0.1, 0.15) is 59.7 Å². The number of carbonyl (C=O) groups excluding carboxylic acids is 2. The minimum Gasteiger partial charge on any atom is -0.497 e. The van der Waals surface area contributed by atoms with E-state index in [1.807, 2.05) is 33.8 Å². The number of nitrogens with zero attached hydrogens (tertiary/aromatic N) is 3. The molecule has 45 heavy (non-hydrogen) atoms. The summed E-state index contributed by atoms with van der Waals surface area (Å²) in [5.41, 5.74) is 2.68. The maximum Gasteiger partial charge on any atom is 0.258 e. The first kappa shape index (κ1) is 32.9. The molecule has 1 N–H and O–H groups in total. The van der Waals surface area contributed by atoms with Crippen molar-refractivity contribution in [3.05, 3.63) is 101 Å². The number of benzene rings is 3. The van der Waals surface area contributed by atoms with Gasteiger partial charge in [0.2, 0.25) is 0 Å². The van der Waals surface area contributed by atoms with Crippen LogP contribution in [-0.4, -0.2) is 53.9 Å². The summed E-state index contributed by atoms with van der Waals surface area (Å²) in [6.07, 6.45) is 0. The first-order valence-electron chi connectivity index (χ1n) is 14.9. The summed E-state index contributed by atoms with van der Waals surface area (Å²) in [7, 11) is 3.10. The second-order valence-electron chi connectivity index (χ2n) is 9.99. The van der Waals surface area contributed by atoms with E-state index in [-0.39, 0.29) is 36.2 Å². The number of methoxy groups -OCH3 is 2. The Balaban J connectivity index is 0.00000226. The molecule has 0 spiro atoms. The zero-order valence-electron chi connectivity index (χ0n) is 26.4. The number of fused-ring (bicyclic) bond motifs is 1. The average molecular weight is 617 g/mol. The van der Waals surface area contributed by atoms with Gasteiger partial charge in [-0.15, -0.1) is 0 Å². The lowest BCUT2D eigenvalue weighted by molar-refractivity contribution is 0.0761. The van der Waals surface area contributed by atoms with Crippen LogP contribution >= 0.6 is 0 Å². The highest BCUT2D eigenvalue weighted by molar-refractivity contribution is 6.04. The summed E-state index contributed by atoms with van der Waals surface area (Å²) in [4.78, 5) is 34.4. The van der Waals surface area contributed by atoms with Gasteiger partial charge in [-0.1, -0.05) is 19.9 Å². The Labute approximate surface area is 262 Å². The van der Waals surface area contributed by atoms with E-state index >= 15 is 0 Å². The molecule has 1 aliphatic heterocycles. The predicted molar refractivity (Wildman–Crippen MR) is 171 cm³/mol. The van der Waals surface area contributed by atoms with E-state index in [9.17, 15) is 18.4 Å². The van der Waals surface area contributed by atoms with Gasteiger partial charge in [-0.25, -0.2) is 13.8 Å². The first-order chi connectivity index (χ1) is 21.8. The summed E-state index contributed by atoms with van der Waals surface area (Å²) in [6, 6.07) is 17.3. The molecule has 2 heterocycles. The highest BCUT2D eigenvalue weighted by atomic mass is 19.1. The normalized spacial score (nSPS) is 11.8. The van der Waals surface area contributed by atoms with E-state index in [4.69, 9.17) is 9.47 Å². The second kappa shape index (κ2) is 14.7. The lowest BCUT2D eigenvalue weighted by Crippen LogP contribution is -2.30. The number of halogens is 2. The summed E-state index contributed by atoms with van der Waals surface area (Å²) in [5, 5.41) is 3.23. The van der Waals surface area contributed by atoms with E-state index in [0.717, 1.165) is 5.56 Å². The SMILES string of the molecule is CC.CCN(CC)C(=O)c1ccc(Nc2cc(-c3c(F)cccc3F)nc3c2C(=O)N(Cc2ccc(OC)cc2OC)C3)cc1. The van der Waals surface area contributed by atoms with Crippen LogP contribution < -0.4 is 14.8 Å². The maximum absolute atomic E-state index is 14.8. The van der Waals surface area contributed by atoms with Crippen molar-refractivity contribution >= 4 is 23.2 Å². The molecule has 0 saturated carbocycles. The molecule has 8 nitrogen and oxygen atoms in total. The van der Waals surface area contributed by atoms with Gasteiger partial charge in [0.15, 0.2) is 0 Å². The molecule has 10 heteroatoms. The predicted octanol–water partition coefficient (Wildman–Crippen LogP) is 7.45. The molecule has 0 radical (unpaired) electrons. The molecule has 3 aromatic carbocycles. The van der Waals surface area contributed by atoms with Gasteiger partial charge >= 0.3 is 0 Å². The number of aromatic nitrogens is 1. The van der Waals surface area contributed by atoms with Crippen molar-refractivity contribution in [3.8, 4) is 22.8 Å². The van der Waals surface area contributed by atoms with Crippen LogP contribution in [0.5, 0.6) is 11.5 Å². The molecule has 1 aliphatic rings. The molecule has 0 fully saturated rings. The number of carbonyl (C=O) groups is 2. The lowest BCUT2D eigenvalue weighted by atomic mass is 10.1. The lowest BCUT2D eigenvalue weighted by Gasteiger charge is -2.19. The minimum absolute atomic E-state index is 0.0573. The monoisotopic (exact) mass is 616 g/mol. The van der Waals surface area contributed by atoms with Crippen molar-refractivity contribution < 1.29 is 27.8 Å². The third kappa shape index (κ3) is 6.90. The van der Waals surface area contributed by atoms with Gasteiger partial charge in [-0.2, -0.15) is 0 Å². The van der Waals surface area contributed by atoms with Gasteiger partial charge in [-0.3, -0.25) is 9.59 Å². The Kier molecular flexibility index (Phi) is 10.7. The summed E-state index contributed by atoms with van der Waals surface area (Å²) >= 11 is 0. The van der Waals surface area contributed by atoms with E-state index in [0.29, 0.717) is 52.8 Å². The van der Waals surface area contributed by atoms with Crippen molar-refractivity contribution in [1.82, 2.24) is 14.8 Å². The molecular weight excluding hydrogens is 578 g/mol. The maximum atomic E-state index is 14.8. The molecule has 0 unspecified atom stereocenters. The number of rotatable bonds is 10. The van der Waals surface area contributed by atoms with Gasteiger partial charge in [0.05, 0.1) is 55.5 Å². The van der Waals surface area contributed by atoms with Gasteiger partial charge in [0, 0.05) is 36.0 Å². The van der Waals surface area contributed by atoms with Gasteiger partial charge in [0.25, 0.3) is 11.8 Å². The Bertz CT molecular complexity index is 1650. The van der Waals surface area contributed by atoms with Crippen molar-refractivity contribution in [3.63, 3.8) is 0 Å². The molecule has 4 aromatic rings. The van der Waals surface area contributed by atoms with Crippen LogP contribution in [-0.2, 0) is 13.1 Å². The van der Waals surface area contributed by atoms with Crippen molar-refractivity contribution in [2.45, 2.75) is 40.8 Å². The van der Waals surface area contributed by atoms with Crippen LogP contribution in [0, 0.1) is 11.6 Å². The third-order valence-corrected chi connectivity index (χ3v) is 7.47. The second-order valence-corrected chi connectivity index (χ2v) is 9.99. The van der Waals surface area contributed by atoms with Gasteiger partial charge in [-0.05, 0) is 68.4 Å². The van der Waals surface area contributed by atoms with Gasteiger partial charge in [0.1, 0.15) is 23.1 Å². The number of ether oxygens (including phenoxy) is 2. The van der Waals surface area contributed by atoms with E-state index < -0.39 is 11.6 Å². The Morgan fingerprint density at radius 3 is 2.20 bits per heavy atom. The summed E-state index contributed by atoms with van der Waals surface area (Å²) < 4.78 is 40.5. The van der Waals surface area contributed by atoms with Crippen LogP contribution in [0.2, 0.25) is 0 Å². The quantitative estimate of drug-likeness (QED) is 0.199. The van der Waals surface area contributed by atoms with E-state index in [1.165, 1.54) is 24.3 Å². The fraction of sp³-hybridized carbons (Fsp3) is 0.286. The highest BCUT2D eigenvalue weighted by Crippen LogP contribution is 2.37. The molecule has 0 saturated heterocycles. The van der Waals surface area contributed by atoms with Crippen LogP contribution in [0.3, 0.4) is 0 Å². The number of pyridine rings is 1. The summed E-state index contributed by atoms with van der Waals surface area (Å²) in [6.45, 7) is 9.36. The molecule has 2 amide bonds. The van der Waals surface area contributed by atoms with Gasteiger partial charge < -0.3 is 24.6 Å². The Morgan fingerprint density at radius 2 is 1.60 bits per heavy atom. The topological polar surface area (TPSA) is 84.0 Å². The standard InChI is InChI=1S/C33H32F2N4O4.C2H6/c1-5-38(6-2)32(40)20-10-13-22(14-11-20)36-27-17-26(30-24(34)8-7-9-25(30)35)37-28-19-39(33(41)31(27)28)18-21-12-15-23(42-3)16-29(21)43-4;1-2/h7-17H,5-6,18-19H2,1-4H3,(H,36,37);1-2H3. The molecule has 236 valence electrons. The summed E-state index contributed by atoms with van der Waals surface area (Å²) in [5.74, 6) is -0.729. The van der Waals surface area contributed by atoms with Crippen molar-refractivity contribution in [1.29, 1.82) is 0 Å². The molecule has 0 aliphatic carbocycles. The molecule has 0 atom stereocenters. The minimum atomic E-state index is -0.762. The Hall–Kier alpha value is -4.99. The Morgan fingerprint density at radius 1 is 0.933 bits per heavy atom. The third-order valence-electron chi connectivity index (χ3n) is 7.47. The smallest absolute Gasteiger partial charge is 0.258 e. The van der Waals surface area contributed by atoms with Crippen molar-refractivity contribution in [2.75, 3.05) is 32.6 Å². The van der Waals surface area contributed by atoms with E-state index in [1.54, 1.807) is 60.4 Å². The van der Waals surface area contributed by atoms with Crippen molar-refractivity contribution in [2.24, 2.45) is 0 Å². The first-order valence-corrected chi connectivity index (χ1v) is 14.9. The van der Waals surface area contributed by atoms with Crippen LogP contribution in [0.15, 0.2) is 66.7 Å². The largest absolute Gasteiger partial charge is 0.497 e. The molecule has 5 rings (SSSR count). The fourth-order valence-electron chi connectivity index (χ4n) is 5.19.